The molecule has 1 aromatic heterocycles. The summed E-state index contributed by atoms with van der Waals surface area (Å²) in [4.78, 5) is 16.1. The predicted molar refractivity (Wildman–Crippen MR) is 94.4 cm³/mol. The molecule has 1 unspecified atom stereocenters. The van der Waals surface area contributed by atoms with Crippen LogP contribution in [0.4, 0.5) is 0 Å². The number of amides is 1. The number of thiophene rings is 1. The zero-order valence-corrected chi connectivity index (χ0v) is 14.9. The fourth-order valence-corrected chi connectivity index (χ4v) is 4.04. The molecule has 0 spiro atoms. The summed E-state index contributed by atoms with van der Waals surface area (Å²) in [6.45, 7) is 4.91. The van der Waals surface area contributed by atoms with Crippen LogP contribution < -0.4 is 5.32 Å². The van der Waals surface area contributed by atoms with Crippen LogP contribution in [-0.4, -0.2) is 29.9 Å². The summed E-state index contributed by atoms with van der Waals surface area (Å²) in [5.41, 5.74) is 2.14. The molecule has 22 heavy (non-hydrogen) atoms. The van der Waals surface area contributed by atoms with Crippen molar-refractivity contribution in [3.8, 4) is 0 Å². The van der Waals surface area contributed by atoms with Crippen molar-refractivity contribution in [1.82, 2.24) is 10.2 Å². The minimum absolute atomic E-state index is 0.0126. The quantitative estimate of drug-likeness (QED) is 0.879. The molecule has 3 rings (SSSR count). The summed E-state index contributed by atoms with van der Waals surface area (Å²) in [5.74, 6) is -0.0126. The average Bonchev–Trinajstić information content (AvgIpc) is 2.99. The highest BCUT2D eigenvalue weighted by Crippen LogP contribution is 2.25. The van der Waals surface area contributed by atoms with E-state index in [0.717, 1.165) is 24.0 Å². The van der Waals surface area contributed by atoms with Crippen LogP contribution >= 0.6 is 27.3 Å². The highest BCUT2D eigenvalue weighted by atomic mass is 79.9. The minimum atomic E-state index is -0.0126. The minimum Gasteiger partial charge on any atom is -0.350 e. The van der Waals surface area contributed by atoms with Gasteiger partial charge in [0.25, 0.3) is 5.91 Å². The van der Waals surface area contributed by atoms with Gasteiger partial charge in [-0.05, 0) is 48.6 Å². The summed E-state index contributed by atoms with van der Waals surface area (Å²) in [6, 6.07) is 10.0. The first kappa shape index (κ1) is 15.7. The molecule has 1 N–H and O–H groups in total. The number of hydrogen-bond acceptors (Lipinski definition) is 3. The molecule has 1 aromatic carbocycles. The number of nitrogens with zero attached hydrogens (tertiary/aromatic N) is 1. The number of fused-ring (bicyclic) bond motifs is 1. The first-order valence-corrected chi connectivity index (χ1v) is 9.14. The lowest BCUT2D eigenvalue weighted by Crippen LogP contribution is -2.44. The van der Waals surface area contributed by atoms with Crippen LogP contribution in [0.25, 0.3) is 0 Å². The third-order valence-corrected chi connectivity index (χ3v) is 5.62. The topological polar surface area (TPSA) is 32.3 Å². The maximum Gasteiger partial charge on any atom is 0.251 e. The van der Waals surface area contributed by atoms with Gasteiger partial charge in [0.15, 0.2) is 0 Å². The lowest BCUT2D eigenvalue weighted by atomic mass is 10.1. The molecule has 1 aliphatic heterocycles. The smallest absolute Gasteiger partial charge is 0.251 e. The first-order chi connectivity index (χ1) is 10.6. The van der Waals surface area contributed by atoms with E-state index in [-0.39, 0.29) is 5.91 Å². The Kier molecular flexibility index (Phi) is 4.96. The van der Waals surface area contributed by atoms with E-state index in [9.17, 15) is 4.79 Å². The van der Waals surface area contributed by atoms with Crippen LogP contribution in [0, 0.1) is 0 Å². The van der Waals surface area contributed by atoms with Gasteiger partial charge >= 0.3 is 0 Å². The second kappa shape index (κ2) is 6.94. The molecule has 1 amide bonds. The molecule has 2 aromatic rings. The van der Waals surface area contributed by atoms with Gasteiger partial charge < -0.3 is 5.32 Å². The van der Waals surface area contributed by atoms with Gasteiger partial charge in [0, 0.05) is 40.6 Å². The number of benzene rings is 1. The van der Waals surface area contributed by atoms with Crippen molar-refractivity contribution < 1.29 is 4.79 Å². The molecule has 2 heterocycles. The summed E-state index contributed by atoms with van der Waals surface area (Å²) < 4.78 is 0.925. The molecule has 116 valence electrons. The standard InChI is InChI=1S/C17H19BrN2OS/c1-12(20-7-5-16-14(11-20)6-8-22-16)10-19-17(21)13-3-2-4-15(18)9-13/h2-4,6,8-9,12H,5,7,10-11H2,1H3,(H,19,21). The molecule has 5 heteroatoms. The molecular weight excluding hydrogens is 360 g/mol. The molecule has 0 saturated carbocycles. The van der Waals surface area contributed by atoms with Gasteiger partial charge in [-0.15, -0.1) is 11.3 Å². The van der Waals surface area contributed by atoms with E-state index in [1.807, 2.05) is 35.6 Å². The van der Waals surface area contributed by atoms with Crippen molar-refractivity contribution in [1.29, 1.82) is 0 Å². The van der Waals surface area contributed by atoms with E-state index >= 15 is 0 Å². The molecule has 0 saturated heterocycles. The van der Waals surface area contributed by atoms with Crippen molar-refractivity contribution in [3.63, 3.8) is 0 Å². The van der Waals surface area contributed by atoms with Gasteiger partial charge in [-0.3, -0.25) is 9.69 Å². The Bertz CT molecular complexity index is 670. The zero-order valence-electron chi connectivity index (χ0n) is 12.5. The Morgan fingerprint density at radius 3 is 3.14 bits per heavy atom. The Balaban J connectivity index is 1.54. The Morgan fingerprint density at radius 1 is 1.45 bits per heavy atom. The molecule has 3 nitrogen and oxygen atoms in total. The van der Waals surface area contributed by atoms with E-state index in [0.29, 0.717) is 18.2 Å². The largest absolute Gasteiger partial charge is 0.350 e. The fourth-order valence-electron chi connectivity index (χ4n) is 2.75. The van der Waals surface area contributed by atoms with Crippen LogP contribution in [0.2, 0.25) is 0 Å². The predicted octanol–water partition coefficient (Wildman–Crippen LogP) is 3.69. The van der Waals surface area contributed by atoms with Crippen LogP contribution in [0.1, 0.15) is 27.7 Å². The number of nitrogens with one attached hydrogen (secondary N) is 1. The van der Waals surface area contributed by atoms with E-state index in [1.165, 1.54) is 10.4 Å². The fraction of sp³-hybridized carbons (Fsp3) is 0.353. The molecule has 0 aliphatic carbocycles. The van der Waals surface area contributed by atoms with Crippen LogP contribution in [0.3, 0.4) is 0 Å². The van der Waals surface area contributed by atoms with Gasteiger partial charge in [-0.2, -0.15) is 0 Å². The lowest BCUT2D eigenvalue weighted by molar-refractivity contribution is 0.0932. The Labute approximate surface area is 143 Å². The van der Waals surface area contributed by atoms with Crippen molar-refractivity contribution in [2.75, 3.05) is 13.1 Å². The Morgan fingerprint density at radius 2 is 2.32 bits per heavy atom. The lowest BCUT2D eigenvalue weighted by Gasteiger charge is -2.32. The third-order valence-electron chi connectivity index (χ3n) is 4.11. The molecule has 0 radical (unpaired) electrons. The van der Waals surface area contributed by atoms with Crippen molar-refractivity contribution in [3.05, 3.63) is 56.2 Å². The van der Waals surface area contributed by atoms with E-state index in [4.69, 9.17) is 0 Å². The summed E-state index contributed by atoms with van der Waals surface area (Å²) >= 11 is 5.25. The van der Waals surface area contributed by atoms with E-state index in [1.54, 1.807) is 0 Å². The second-order valence-corrected chi connectivity index (χ2v) is 7.58. The van der Waals surface area contributed by atoms with Crippen LogP contribution in [-0.2, 0) is 13.0 Å². The maximum atomic E-state index is 12.2. The summed E-state index contributed by atoms with van der Waals surface area (Å²) in [7, 11) is 0. The van der Waals surface area contributed by atoms with E-state index in [2.05, 4.69) is 44.5 Å². The number of carbonyl (C=O) groups excluding carboxylic acids is 1. The van der Waals surface area contributed by atoms with Gasteiger partial charge in [0.1, 0.15) is 0 Å². The molecule has 0 bridgehead atoms. The van der Waals surface area contributed by atoms with Crippen molar-refractivity contribution in [2.24, 2.45) is 0 Å². The highest BCUT2D eigenvalue weighted by Gasteiger charge is 2.21. The Hall–Kier alpha value is -1.17. The number of halogens is 1. The van der Waals surface area contributed by atoms with Gasteiger partial charge in [-0.1, -0.05) is 22.0 Å². The van der Waals surface area contributed by atoms with Gasteiger partial charge in [0.05, 0.1) is 0 Å². The summed E-state index contributed by atoms with van der Waals surface area (Å²) in [5, 5.41) is 5.22. The van der Waals surface area contributed by atoms with Crippen LogP contribution in [0.15, 0.2) is 40.2 Å². The molecule has 0 fully saturated rings. The normalized spacial score (nSPS) is 16.1. The molecule has 1 atom stereocenters. The SMILES string of the molecule is CC(CNC(=O)c1cccc(Br)c1)N1CCc2sccc2C1. The first-order valence-electron chi connectivity index (χ1n) is 7.46. The number of rotatable bonds is 4. The zero-order chi connectivity index (χ0) is 15.5. The monoisotopic (exact) mass is 378 g/mol. The van der Waals surface area contributed by atoms with Gasteiger partial charge in [0.2, 0.25) is 0 Å². The van der Waals surface area contributed by atoms with Crippen LogP contribution in [0.5, 0.6) is 0 Å². The number of hydrogen-bond donors (Lipinski definition) is 1. The number of carbonyl (C=O) groups is 1. The van der Waals surface area contributed by atoms with Gasteiger partial charge in [-0.25, -0.2) is 0 Å². The summed E-state index contributed by atoms with van der Waals surface area (Å²) in [6.07, 6.45) is 1.12. The van der Waals surface area contributed by atoms with Crippen molar-refractivity contribution in [2.45, 2.75) is 25.9 Å². The highest BCUT2D eigenvalue weighted by molar-refractivity contribution is 9.10. The molecule has 1 aliphatic rings. The third kappa shape index (κ3) is 3.59. The molecular formula is C17H19BrN2OS. The average molecular weight is 379 g/mol. The van der Waals surface area contributed by atoms with E-state index < -0.39 is 0 Å². The maximum absolute atomic E-state index is 12.2. The van der Waals surface area contributed by atoms with Crippen molar-refractivity contribution >= 4 is 33.2 Å². The second-order valence-electron chi connectivity index (χ2n) is 5.66.